The van der Waals surface area contributed by atoms with Crippen LogP contribution in [0, 0.1) is 46.3 Å². The molecule has 0 bridgehead atoms. The van der Waals surface area contributed by atoms with Gasteiger partial charge in [0.2, 0.25) is 0 Å². The van der Waals surface area contributed by atoms with Gasteiger partial charge in [0.15, 0.2) is 0 Å². The SMILES string of the molecule is CC1=C(/C=C/C(C)=C/C=C/C(C)=C\CC#CC(C)CC#CC(C)/C=C/C2=C(C)CCCC2(C)C)C(C)(C)CCC1. The first-order valence-electron chi connectivity index (χ1n) is 15.6. The zero-order valence-electron chi connectivity index (χ0n) is 27.4. The highest BCUT2D eigenvalue weighted by Crippen LogP contribution is 2.41. The van der Waals surface area contributed by atoms with Gasteiger partial charge in [-0.3, -0.25) is 0 Å². The van der Waals surface area contributed by atoms with Gasteiger partial charge in [-0.2, -0.15) is 0 Å². The molecule has 2 aliphatic rings. The lowest BCUT2D eigenvalue weighted by atomic mass is 9.72. The quantitative estimate of drug-likeness (QED) is 0.214. The Morgan fingerprint density at radius 3 is 2.00 bits per heavy atom. The number of hydrogen-bond acceptors (Lipinski definition) is 0. The van der Waals surface area contributed by atoms with E-state index >= 15 is 0 Å². The standard InChI is InChI=1S/C40H56/c1-31(19-13-21-33(3)25-27-37-35(5)23-15-29-39(37,7)8)17-11-12-18-32(2)20-14-22-34(4)26-28-38-36(6)24-16-30-40(38,9)10/h13,17,19,21,25-28,32,34H,11,15-16,20,23-24,29-30H2,1-10H3/b19-13+,27-25+,28-26+,31-17-,33-21+. The summed E-state index contributed by atoms with van der Waals surface area (Å²) < 4.78 is 0. The molecule has 0 aromatic rings. The second-order valence-corrected chi connectivity index (χ2v) is 13.5. The second-order valence-electron chi connectivity index (χ2n) is 13.5. The van der Waals surface area contributed by atoms with Crippen LogP contribution in [0.15, 0.2) is 82.0 Å². The van der Waals surface area contributed by atoms with Crippen molar-refractivity contribution in [2.75, 3.05) is 0 Å². The minimum Gasteiger partial charge on any atom is -0.101 e. The molecule has 0 aromatic heterocycles. The van der Waals surface area contributed by atoms with Gasteiger partial charge in [-0.1, -0.05) is 123 Å². The maximum absolute atomic E-state index is 3.41. The summed E-state index contributed by atoms with van der Waals surface area (Å²) in [6.07, 6.45) is 27.2. The Morgan fingerprint density at radius 1 is 0.800 bits per heavy atom. The molecule has 0 saturated heterocycles. The van der Waals surface area contributed by atoms with E-state index in [0.717, 1.165) is 12.8 Å². The first-order chi connectivity index (χ1) is 18.8. The van der Waals surface area contributed by atoms with Crippen LogP contribution < -0.4 is 0 Å². The Hall–Kier alpha value is -2.70. The van der Waals surface area contributed by atoms with E-state index in [2.05, 4.69) is 142 Å². The summed E-state index contributed by atoms with van der Waals surface area (Å²) >= 11 is 0. The van der Waals surface area contributed by atoms with Gasteiger partial charge in [-0.25, -0.2) is 0 Å². The summed E-state index contributed by atoms with van der Waals surface area (Å²) in [4.78, 5) is 0. The Morgan fingerprint density at radius 2 is 1.40 bits per heavy atom. The first-order valence-corrected chi connectivity index (χ1v) is 15.6. The fraction of sp³-hybridized carbons (Fsp3) is 0.550. The Kier molecular flexibility index (Phi) is 13.3. The zero-order valence-corrected chi connectivity index (χ0v) is 27.4. The van der Waals surface area contributed by atoms with Crippen molar-refractivity contribution in [3.63, 3.8) is 0 Å². The van der Waals surface area contributed by atoms with Crippen LogP contribution in [0.1, 0.15) is 121 Å². The second kappa shape index (κ2) is 15.9. The molecular weight excluding hydrogens is 480 g/mol. The van der Waals surface area contributed by atoms with Crippen LogP contribution in [-0.2, 0) is 0 Å². The normalized spacial score (nSPS) is 21.4. The van der Waals surface area contributed by atoms with Crippen LogP contribution in [0.25, 0.3) is 0 Å². The molecule has 2 atom stereocenters. The molecule has 0 spiro atoms. The fourth-order valence-corrected chi connectivity index (χ4v) is 5.87. The first kappa shape index (κ1) is 33.5. The van der Waals surface area contributed by atoms with E-state index in [1.165, 1.54) is 60.8 Å². The fourth-order valence-electron chi connectivity index (χ4n) is 5.87. The van der Waals surface area contributed by atoms with Crippen molar-refractivity contribution in [3.8, 4) is 23.7 Å². The van der Waals surface area contributed by atoms with Gasteiger partial charge >= 0.3 is 0 Å². The average molecular weight is 537 g/mol. The molecule has 216 valence electrons. The largest absolute Gasteiger partial charge is 0.101 e. The zero-order chi connectivity index (χ0) is 29.8. The molecule has 0 fully saturated rings. The van der Waals surface area contributed by atoms with E-state index < -0.39 is 0 Å². The van der Waals surface area contributed by atoms with Crippen molar-refractivity contribution in [2.24, 2.45) is 22.7 Å². The molecule has 2 rings (SSSR count). The smallest absolute Gasteiger partial charge is 0.0357 e. The molecule has 0 heteroatoms. The number of rotatable bonds is 8. The van der Waals surface area contributed by atoms with Crippen molar-refractivity contribution in [2.45, 2.75) is 121 Å². The van der Waals surface area contributed by atoms with E-state index in [4.69, 9.17) is 0 Å². The van der Waals surface area contributed by atoms with Gasteiger partial charge in [0.05, 0.1) is 0 Å². The van der Waals surface area contributed by atoms with E-state index in [1.54, 1.807) is 11.1 Å². The maximum atomic E-state index is 3.41. The molecule has 0 aliphatic heterocycles. The van der Waals surface area contributed by atoms with E-state index in [-0.39, 0.29) is 11.3 Å². The predicted octanol–water partition coefficient (Wildman–Crippen LogP) is 11.7. The van der Waals surface area contributed by atoms with Gasteiger partial charge in [-0.05, 0) is 95.1 Å². The van der Waals surface area contributed by atoms with Crippen LogP contribution in [0.2, 0.25) is 0 Å². The molecule has 2 aliphatic carbocycles. The van der Waals surface area contributed by atoms with Crippen LogP contribution >= 0.6 is 0 Å². The van der Waals surface area contributed by atoms with Gasteiger partial charge in [0, 0.05) is 24.7 Å². The van der Waals surface area contributed by atoms with Crippen LogP contribution in [-0.4, -0.2) is 0 Å². The van der Waals surface area contributed by atoms with E-state index in [9.17, 15) is 0 Å². The highest BCUT2D eigenvalue weighted by atomic mass is 14.3. The molecule has 0 amide bonds. The molecule has 0 saturated carbocycles. The molecule has 0 heterocycles. The van der Waals surface area contributed by atoms with E-state index in [0.29, 0.717) is 11.3 Å². The van der Waals surface area contributed by atoms with Gasteiger partial charge in [0.1, 0.15) is 0 Å². The monoisotopic (exact) mass is 536 g/mol. The highest BCUT2D eigenvalue weighted by Gasteiger charge is 2.27. The average Bonchev–Trinajstić information content (AvgIpc) is 2.85. The van der Waals surface area contributed by atoms with Crippen molar-refractivity contribution in [3.05, 3.63) is 82.0 Å². The van der Waals surface area contributed by atoms with Crippen LogP contribution in [0.3, 0.4) is 0 Å². The topological polar surface area (TPSA) is 0 Å². The molecule has 0 radical (unpaired) electrons. The van der Waals surface area contributed by atoms with Gasteiger partial charge in [0.25, 0.3) is 0 Å². The lowest BCUT2D eigenvalue weighted by Crippen LogP contribution is -2.19. The molecule has 2 unspecified atom stereocenters. The summed E-state index contributed by atoms with van der Waals surface area (Å²) in [6, 6.07) is 0. The molecule has 0 N–H and O–H groups in total. The number of allylic oxidation sites excluding steroid dienone is 14. The maximum Gasteiger partial charge on any atom is 0.0357 e. The third kappa shape index (κ3) is 11.4. The number of hydrogen-bond donors (Lipinski definition) is 0. The van der Waals surface area contributed by atoms with E-state index in [1.807, 2.05) is 0 Å². The summed E-state index contributed by atoms with van der Waals surface area (Å²) in [5.74, 6) is 14.0. The van der Waals surface area contributed by atoms with Gasteiger partial charge in [-0.15, -0.1) is 5.92 Å². The molecule has 0 nitrogen and oxygen atoms in total. The molecule has 0 aromatic carbocycles. The Balaban J connectivity index is 1.81. The summed E-state index contributed by atoms with van der Waals surface area (Å²) in [7, 11) is 0. The van der Waals surface area contributed by atoms with Crippen LogP contribution in [0.4, 0.5) is 0 Å². The third-order valence-corrected chi connectivity index (χ3v) is 8.48. The minimum absolute atomic E-state index is 0.268. The van der Waals surface area contributed by atoms with Crippen molar-refractivity contribution < 1.29 is 0 Å². The van der Waals surface area contributed by atoms with Crippen LogP contribution in [0.5, 0.6) is 0 Å². The third-order valence-electron chi connectivity index (χ3n) is 8.48. The highest BCUT2D eigenvalue weighted by molar-refractivity contribution is 5.37. The summed E-state index contributed by atoms with van der Waals surface area (Å²) in [5.41, 5.74) is 9.22. The molecular formula is C40H56. The minimum atomic E-state index is 0.268. The Bertz CT molecular complexity index is 1200. The van der Waals surface area contributed by atoms with Crippen molar-refractivity contribution in [1.82, 2.24) is 0 Å². The predicted molar refractivity (Wildman–Crippen MR) is 179 cm³/mol. The molecule has 40 heavy (non-hydrogen) atoms. The Labute approximate surface area is 248 Å². The summed E-state index contributed by atoms with van der Waals surface area (Å²) in [6.45, 7) is 22.7. The van der Waals surface area contributed by atoms with Crippen molar-refractivity contribution in [1.29, 1.82) is 0 Å². The lowest BCUT2D eigenvalue weighted by molar-refractivity contribution is 0.376. The summed E-state index contributed by atoms with van der Waals surface area (Å²) in [5, 5.41) is 0. The lowest BCUT2D eigenvalue weighted by Gasteiger charge is -2.33. The van der Waals surface area contributed by atoms with Gasteiger partial charge < -0.3 is 0 Å². The van der Waals surface area contributed by atoms with Crippen molar-refractivity contribution >= 4 is 0 Å².